The van der Waals surface area contributed by atoms with E-state index in [1.165, 1.54) is 28.7 Å². The first-order valence-electron chi connectivity index (χ1n) is 14.7. The molecule has 0 amide bonds. The molecule has 3 rings (SSSR count). The molecular formula is C36H49NO2. The number of nitrogens with zero attached hydrogens (tertiary/aromatic N) is 1. The fourth-order valence-corrected chi connectivity index (χ4v) is 5.37. The van der Waals surface area contributed by atoms with Gasteiger partial charge in [0, 0.05) is 30.0 Å². The van der Waals surface area contributed by atoms with E-state index in [0.717, 1.165) is 43.5 Å². The first kappa shape index (κ1) is 30.5. The summed E-state index contributed by atoms with van der Waals surface area (Å²) in [6.45, 7) is 14.9. The first-order chi connectivity index (χ1) is 18.8. The van der Waals surface area contributed by atoms with E-state index in [-0.39, 0.29) is 5.92 Å². The van der Waals surface area contributed by atoms with Crippen LogP contribution in [-0.4, -0.2) is 35.2 Å². The van der Waals surface area contributed by atoms with E-state index >= 15 is 0 Å². The molecule has 3 aromatic carbocycles. The van der Waals surface area contributed by atoms with Crippen LogP contribution in [-0.2, 0) is 12.8 Å². The van der Waals surface area contributed by atoms with Crippen molar-refractivity contribution in [3.05, 3.63) is 107 Å². The van der Waals surface area contributed by atoms with Crippen molar-refractivity contribution in [3.8, 4) is 11.5 Å². The second kappa shape index (κ2) is 15.5. The topological polar surface area (TPSA) is 32.7 Å². The highest BCUT2D eigenvalue weighted by molar-refractivity contribution is 5.44. The number of allylic oxidation sites excluding steroid dienone is 2. The van der Waals surface area contributed by atoms with Crippen molar-refractivity contribution < 1.29 is 9.84 Å². The van der Waals surface area contributed by atoms with Gasteiger partial charge in [0.05, 0.1) is 6.61 Å². The third-order valence-corrected chi connectivity index (χ3v) is 7.78. The van der Waals surface area contributed by atoms with Crippen molar-refractivity contribution in [2.24, 2.45) is 0 Å². The standard InChI is InChI=1S/C36H49NO2/c1-7-29(6)12-11-13-30-16-19-33(20-17-30)39-25-23-31-18-21-36(38)35(26-31)34(32-14-9-8-10-15-32)22-24-37(27(2)3)28(4)5/h7-10,14-21,26-28,34,38H,11-13,22-25H2,1-6H3/b29-7+/t34-/m1/s1. The van der Waals surface area contributed by atoms with Gasteiger partial charge in [-0.05, 0) is 109 Å². The van der Waals surface area contributed by atoms with E-state index < -0.39 is 0 Å². The maximum Gasteiger partial charge on any atom is 0.119 e. The minimum absolute atomic E-state index is 0.135. The van der Waals surface area contributed by atoms with E-state index in [0.29, 0.717) is 24.4 Å². The van der Waals surface area contributed by atoms with Gasteiger partial charge in [0.15, 0.2) is 0 Å². The summed E-state index contributed by atoms with van der Waals surface area (Å²) >= 11 is 0. The molecule has 3 nitrogen and oxygen atoms in total. The van der Waals surface area contributed by atoms with E-state index in [2.05, 4.69) is 113 Å². The van der Waals surface area contributed by atoms with Crippen LogP contribution in [0.2, 0.25) is 0 Å². The van der Waals surface area contributed by atoms with Gasteiger partial charge in [-0.2, -0.15) is 0 Å². The highest BCUT2D eigenvalue weighted by Crippen LogP contribution is 2.35. The quantitative estimate of drug-likeness (QED) is 0.200. The summed E-state index contributed by atoms with van der Waals surface area (Å²) in [4.78, 5) is 2.53. The molecule has 0 saturated heterocycles. The van der Waals surface area contributed by atoms with Gasteiger partial charge in [-0.15, -0.1) is 0 Å². The normalized spacial score (nSPS) is 12.9. The Balaban J connectivity index is 1.65. The number of phenolic OH excluding ortho intramolecular Hbond substituents is 1. The maximum absolute atomic E-state index is 10.9. The Labute approximate surface area is 237 Å². The predicted octanol–water partition coefficient (Wildman–Crippen LogP) is 8.94. The average Bonchev–Trinajstić information content (AvgIpc) is 2.93. The lowest BCUT2D eigenvalue weighted by Gasteiger charge is -2.32. The van der Waals surface area contributed by atoms with Crippen LogP contribution in [0.5, 0.6) is 11.5 Å². The summed E-state index contributed by atoms with van der Waals surface area (Å²) in [5.74, 6) is 1.41. The van der Waals surface area contributed by atoms with Crippen molar-refractivity contribution in [3.63, 3.8) is 0 Å². The van der Waals surface area contributed by atoms with Crippen LogP contribution in [0.4, 0.5) is 0 Å². The van der Waals surface area contributed by atoms with Crippen molar-refractivity contribution in [1.82, 2.24) is 4.90 Å². The maximum atomic E-state index is 10.9. The Morgan fingerprint density at radius 3 is 2.18 bits per heavy atom. The molecule has 0 aliphatic carbocycles. The summed E-state index contributed by atoms with van der Waals surface area (Å²) in [7, 11) is 0. The molecule has 0 unspecified atom stereocenters. The molecule has 0 aliphatic heterocycles. The molecule has 3 aromatic rings. The van der Waals surface area contributed by atoms with Crippen LogP contribution in [0.1, 0.15) is 89.0 Å². The van der Waals surface area contributed by atoms with Crippen molar-refractivity contribution >= 4 is 0 Å². The van der Waals surface area contributed by atoms with E-state index in [1.807, 2.05) is 12.1 Å². The van der Waals surface area contributed by atoms with Gasteiger partial charge < -0.3 is 9.84 Å². The molecule has 3 heteroatoms. The molecule has 0 heterocycles. The molecule has 210 valence electrons. The number of hydrogen-bond acceptors (Lipinski definition) is 3. The zero-order chi connectivity index (χ0) is 28.2. The molecule has 0 saturated carbocycles. The van der Waals surface area contributed by atoms with Gasteiger partial charge in [0.25, 0.3) is 0 Å². The number of ether oxygens (including phenoxy) is 1. The predicted molar refractivity (Wildman–Crippen MR) is 166 cm³/mol. The van der Waals surface area contributed by atoms with Gasteiger partial charge in [-0.25, -0.2) is 0 Å². The van der Waals surface area contributed by atoms with Crippen LogP contribution in [0, 0.1) is 0 Å². The number of phenols is 1. The third kappa shape index (κ3) is 9.58. The van der Waals surface area contributed by atoms with Crippen LogP contribution < -0.4 is 4.74 Å². The Kier molecular flexibility index (Phi) is 12.1. The highest BCUT2D eigenvalue weighted by atomic mass is 16.5. The average molecular weight is 528 g/mol. The number of rotatable bonds is 15. The second-order valence-electron chi connectivity index (χ2n) is 11.3. The number of aryl methyl sites for hydroxylation is 1. The zero-order valence-corrected chi connectivity index (χ0v) is 25.0. The lowest BCUT2D eigenvalue weighted by atomic mass is 9.86. The van der Waals surface area contributed by atoms with Gasteiger partial charge in [0.2, 0.25) is 0 Å². The lowest BCUT2D eigenvalue weighted by Crippen LogP contribution is -2.38. The van der Waals surface area contributed by atoms with Crippen LogP contribution >= 0.6 is 0 Å². The fraction of sp³-hybridized carbons (Fsp3) is 0.444. The van der Waals surface area contributed by atoms with Crippen LogP contribution in [0.15, 0.2) is 84.4 Å². The van der Waals surface area contributed by atoms with Gasteiger partial charge >= 0.3 is 0 Å². The van der Waals surface area contributed by atoms with Gasteiger partial charge in [-0.1, -0.05) is 66.2 Å². The summed E-state index contributed by atoms with van der Waals surface area (Å²) in [6.07, 6.45) is 7.37. The number of hydrogen-bond donors (Lipinski definition) is 1. The molecule has 0 aromatic heterocycles. The lowest BCUT2D eigenvalue weighted by molar-refractivity contribution is 0.170. The Morgan fingerprint density at radius 2 is 1.54 bits per heavy atom. The monoisotopic (exact) mass is 527 g/mol. The Morgan fingerprint density at radius 1 is 0.872 bits per heavy atom. The minimum atomic E-state index is 0.135. The first-order valence-corrected chi connectivity index (χ1v) is 14.7. The molecule has 0 spiro atoms. The molecule has 1 atom stereocenters. The van der Waals surface area contributed by atoms with Gasteiger partial charge in [-0.3, -0.25) is 4.90 Å². The summed E-state index contributed by atoms with van der Waals surface area (Å²) in [6, 6.07) is 26.2. The smallest absolute Gasteiger partial charge is 0.119 e. The number of benzene rings is 3. The van der Waals surface area contributed by atoms with Crippen molar-refractivity contribution in [2.45, 2.75) is 91.6 Å². The summed E-state index contributed by atoms with van der Waals surface area (Å²) < 4.78 is 6.09. The number of aromatic hydroxyl groups is 1. The van der Waals surface area contributed by atoms with E-state index in [9.17, 15) is 5.11 Å². The SMILES string of the molecule is C/C=C(\C)CCCc1ccc(OCCc2ccc(O)c([C@H](CCN(C(C)C)C(C)C)c3ccccc3)c2)cc1. The third-order valence-electron chi connectivity index (χ3n) is 7.78. The van der Waals surface area contributed by atoms with E-state index in [4.69, 9.17) is 4.74 Å². The summed E-state index contributed by atoms with van der Waals surface area (Å²) in [5, 5.41) is 10.9. The Hall–Kier alpha value is -3.04. The molecular weight excluding hydrogens is 478 g/mol. The summed E-state index contributed by atoms with van der Waals surface area (Å²) in [5.41, 5.74) is 6.24. The van der Waals surface area contributed by atoms with E-state index in [1.54, 1.807) is 0 Å². The van der Waals surface area contributed by atoms with Crippen molar-refractivity contribution in [1.29, 1.82) is 0 Å². The molecule has 0 fully saturated rings. The molecule has 39 heavy (non-hydrogen) atoms. The molecule has 0 bridgehead atoms. The van der Waals surface area contributed by atoms with Crippen molar-refractivity contribution in [2.75, 3.05) is 13.2 Å². The van der Waals surface area contributed by atoms with Gasteiger partial charge in [0.1, 0.15) is 11.5 Å². The zero-order valence-electron chi connectivity index (χ0n) is 25.0. The second-order valence-corrected chi connectivity index (χ2v) is 11.3. The molecule has 0 radical (unpaired) electrons. The molecule has 0 aliphatic rings. The Bertz CT molecular complexity index is 1140. The fourth-order valence-electron chi connectivity index (χ4n) is 5.37. The van der Waals surface area contributed by atoms with Crippen LogP contribution in [0.3, 0.4) is 0 Å². The molecule has 1 N–H and O–H groups in total. The highest BCUT2D eigenvalue weighted by Gasteiger charge is 2.21. The minimum Gasteiger partial charge on any atom is -0.508 e. The largest absolute Gasteiger partial charge is 0.508 e. The van der Waals surface area contributed by atoms with Crippen LogP contribution in [0.25, 0.3) is 0 Å².